The molecule has 0 radical (unpaired) electrons. The van der Waals surface area contributed by atoms with Crippen molar-refractivity contribution in [2.45, 2.75) is 13.3 Å². The lowest BCUT2D eigenvalue weighted by atomic mass is 10.3. The van der Waals surface area contributed by atoms with E-state index in [2.05, 4.69) is 6.92 Å². The average molecular weight is 176 g/mol. The predicted octanol–water partition coefficient (Wildman–Crippen LogP) is 2.25. The van der Waals surface area contributed by atoms with Gasteiger partial charge in [-0.1, -0.05) is 25.1 Å². The van der Waals surface area contributed by atoms with Crippen LogP contribution in [0.25, 0.3) is 0 Å². The molecular weight excluding hydrogens is 164 g/mol. The van der Waals surface area contributed by atoms with Crippen LogP contribution in [-0.4, -0.2) is 5.97 Å². The van der Waals surface area contributed by atoms with Crippen molar-refractivity contribution in [1.82, 2.24) is 0 Å². The van der Waals surface area contributed by atoms with Crippen molar-refractivity contribution < 1.29 is 9.53 Å². The molecule has 2 rings (SSSR count). The summed E-state index contributed by atoms with van der Waals surface area (Å²) >= 11 is 0. The fourth-order valence-corrected chi connectivity index (χ4v) is 1.33. The van der Waals surface area contributed by atoms with Crippen molar-refractivity contribution in [3.63, 3.8) is 0 Å². The van der Waals surface area contributed by atoms with Crippen LogP contribution in [0.2, 0.25) is 0 Å². The molecule has 2 nitrogen and oxygen atoms in total. The van der Waals surface area contributed by atoms with Gasteiger partial charge in [0.25, 0.3) is 0 Å². The highest BCUT2D eigenvalue weighted by Gasteiger charge is 2.40. The number of carbonyl (C=O) groups excluding carboxylic acids is 1. The van der Waals surface area contributed by atoms with Gasteiger partial charge in [-0.15, -0.1) is 0 Å². The molecule has 0 spiro atoms. The predicted molar refractivity (Wildman–Crippen MR) is 49.3 cm³/mol. The van der Waals surface area contributed by atoms with Gasteiger partial charge in [-0.25, -0.2) is 0 Å². The van der Waals surface area contributed by atoms with Gasteiger partial charge in [0.1, 0.15) is 5.75 Å². The summed E-state index contributed by atoms with van der Waals surface area (Å²) in [6.45, 7) is 2.07. The summed E-state index contributed by atoms with van der Waals surface area (Å²) in [4.78, 5) is 11.4. The number of hydrogen-bond acceptors (Lipinski definition) is 2. The molecule has 1 aliphatic carbocycles. The Labute approximate surface area is 77.5 Å². The highest BCUT2D eigenvalue weighted by atomic mass is 16.5. The summed E-state index contributed by atoms with van der Waals surface area (Å²) in [7, 11) is 0. The van der Waals surface area contributed by atoms with Crippen LogP contribution in [0.4, 0.5) is 0 Å². The average Bonchev–Trinajstić information content (AvgIpc) is 2.84. The zero-order valence-corrected chi connectivity index (χ0v) is 7.57. The Morgan fingerprint density at radius 2 is 2.00 bits per heavy atom. The Morgan fingerprint density at radius 1 is 1.38 bits per heavy atom. The first kappa shape index (κ1) is 8.30. The molecule has 1 fully saturated rings. The molecule has 1 saturated carbocycles. The van der Waals surface area contributed by atoms with Crippen LogP contribution < -0.4 is 4.74 Å². The van der Waals surface area contributed by atoms with Crippen molar-refractivity contribution in [1.29, 1.82) is 0 Å². The first-order valence-electron chi connectivity index (χ1n) is 4.54. The van der Waals surface area contributed by atoms with Gasteiger partial charge in [0.15, 0.2) is 0 Å². The highest BCUT2D eigenvalue weighted by molar-refractivity contribution is 5.77. The third-order valence-electron chi connectivity index (χ3n) is 2.37. The van der Waals surface area contributed by atoms with Gasteiger partial charge in [-0.3, -0.25) is 4.79 Å². The maximum atomic E-state index is 11.4. The second kappa shape index (κ2) is 3.21. The molecule has 1 aromatic rings. The van der Waals surface area contributed by atoms with Gasteiger partial charge >= 0.3 is 5.97 Å². The van der Waals surface area contributed by atoms with E-state index in [1.807, 2.05) is 18.2 Å². The van der Waals surface area contributed by atoms with Crippen LogP contribution in [0.3, 0.4) is 0 Å². The molecule has 0 aliphatic heterocycles. The van der Waals surface area contributed by atoms with Gasteiger partial charge in [0.05, 0.1) is 5.92 Å². The molecule has 0 unspecified atom stereocenters. The minimum atomic E-state index is -0.0845. The maximum Gasteiger partial charge on any atom is 0.314 e. The second-order valence-corrected chi connectivity index (χ2v) is 3.55. The summed E-state index contributed by atoms with van der Waals surface area (Å²) < 4.78 is 5.17. The number of para-hydroxylation sites is 1. The highest BCUT2D eigenvalue weighted by Crippen LogP contribution is 2.38. The maximum absolute atomic E-state index is 11.4. The second-order valence-electron chi connectivity index (χ2n) is 3.55. The summed E-state index contributed by atoms with van der Waals surface area (Å²) in [6, 6.07) is 9.21. The van der Waals surface area contributed by atoms with Crippen LogP contribution in [0.5, 0.6) is 5.75 Å². The van der Waals surface area contributed by atoms with E-state index in [0.29, 0.717) is 11.7 Å². The fourth-order valence-electron chi connectivity index (χ4n) is 1.33. The number of benzene rings is 1. The molecule has 1 aromatic carbocycles. The molecule has 0 N–H and O–H groups in total. The zero-order chi connectivity index (χ0) is 9.26. The number of esters is 1. The molecule has 0 bridgehead atoms. The van der Waals surface area contributed by atoms with Gasteiger partial charge in [-0.2, -0.15) is 0 Å². The topological polar surface area (TPSA) is 26.3 Å². The Kier molecular flexibility index (Phi) is 2.05. The van der Waals surface area contributed by atoms with Crippen LogP contribution in [0, 0.1) is 11.8 Å². The van der Waals surface area contributed by atoms with E-state index in [9.17, 15) is 4.79 Å². The third-order valence-corrected chi connectivity index (χ3v) is 2.37. The molecule has 2 atom stereocenters. The minimum absolute atomic E-state index is 0.0845. The van der Waals surface area contributed by atoms with Gasteiger partial charge in [0, 0.05) is 0 Å². The van der Waals surface area contributed by atoms with E-state index in [0.717, 1.165) is 6.42 Å². The van der Waals surface area contributed by atoms with Crippen molar-refractivity contribution in [2.75, 3.05) is 0 Å². The van der Waals surface area contributed by atoms with Gasteiger partial charge in [-0.05, 0) is 24.5 Å². The molecule has 1 aliphatic rings. The minimum Gasteiger partial charge on any atom is -0.426 e. The number of ether oxygens (including phenoxy) is 1. The van der Waals surface area contributed by atoms with E-state index in [-0.39, 0.29) is 11.9 Å². The largest absolute Gasteiger partial charge is 0.426 e. The van der Waals surface area contributed by atoms with Crippen molar-refractivity contribution >= 4 is 5.97 Å². The SMILES string of the molecule is C[C@@H]1C[C@H]1C(=O)Oc1ccccc1. The van der Waals surface area contributed by atoms with Crippen LogP contribution in [-0.2, 0) is 4.79 Å². The quantitative estimate of drug-likeness (QED) is 0.510. The normalized spacial score (nSPS) is 25.3. The van der Waals surface area contributed by atoms with E-state index in [4.69, 9.17) is 4.74 Å². The first-order valence-corrected chi connectivity index (χ1v) is 4.54. The van der Waals surface area contributed by atoms with E-state index in [1.54, 1.807) is 12.1 Å². The summed E-state index contributed by atoms with van der Waals surface area (Å²) in [6.07, 6.45) is 0.978. The molecule has 0 aromatic heterocycles. The fraction of sp³-hybridized carbons (Fsp3) is 0.364. The lowest BCUT2D eigenvalue weighted by Gasteiger charge is -2.01. The molecule has 68 valence electrons. The molecule has 0 saturated heterocycles. The van der Waals surface area contributed by atoms with Crippen LogP contribution >= 0.6 is 0 Å². The molecule has 0 amide bonds. The lowest BCUT2D eigenvalue weighted by Crippen LogP contribution is -2.10. The van der Waals surface area contributed by atoms with Gasteiger partial charge in [0.2, 0.25) is 0 Å². The summed E-state index contributed by atoms with van der Waals surface area (Å²) in [5, 5.41) is 0. The number of carbonyl (C=O) groups is 1. The first-order chi connectivity index (χ1) is 6.27. The van der Waals surface area contributed by atoms with Crippen LogP contribution in [0.1, 0.15) is 13.3 Å². The van der Waals surface area contributed by atoms with E-state index < -0.39 is 0 Å². The Morgan fingerprint density at radius 3 is 2.54 bits per heavy atom. The summed E-state index contributed by atoms with van der Waals surface area (Å²) in [5.74, 6) is 1.21. The number of hydrogen-bond donors (Lipinski definition) is 0. The Hall–Kier alpha value is -1.31. The Balaban J connectivity index is 1.95. The third kappa shape index (κ3) is 1.89. The van der Waals surface area contributed by atoms with E-state index >= 15 is 0 Å². The monoisotopic (exact) mass is 176 g/mol. The Bertz CT molecular complexity index is 305. The lowest BCUT2D eigenvalue weighted by molar-refractivity contribution is -0.136. The van der Waals surface area contributed by atoms with Crippen LogP contribution in [0.15, 0.2) is 30.3 Å². The summed E-state index contributed by atoms with van der Waals surface area (Å²) in [5.41, 5.74) is 0. The molecule has 13 heavy (non-hydrogen) atoms. The molecule has 0 heterocycles. The van der Waals surface area contributed by atoms with Crippen molar-refractivity contribution in [3.05, 3.63) is 30.3 Å². The smallest absolute Gasteiger partial charge is 0.314 e. The molecular formula is C11H12O2. The van der Waals surface area contributed by atoms with Crippen molar-refractivity contribution in [3.8, 4) is 5.75 Å². The number of rotatable bonds is 2. The standard InChI is InChI=1S/C11H12O2/c1-8-7-10(8)11(12)13-9-5-3-2-4-6-9/h2-6,8,10H,7H2,1H3/t8-,10-/m1/s1. The van der Waals surface area contributed by atoms with E-state index in [1.165, 1.54) is 0 Å². The van der Waals surface area contributed by atoms with Gasteiger partial charge < -0.3 is 4.74 Å². The van der Waals surface area contributed by atoms with Crippen molar-refractivity contribution in [2.24, 2.45) is 11.8 Å². The zero-order valence-electron chi connectivity index (χ0n) is 7.57. The molecule has 2 heteroatoms.